The number of nitrogens with zero attached hydrogens (tertiary/aromatic N) is 2. The van der Waals surface area contributed by atoms with Gasteiger partial charge < -0.3 is 10.5 Å². The topological polar surface area (TPSA) is 106 Å². The summed E-state index contributed by atoms with van der Waals surface area (Å²) in [6.45, 7) is 6.63. The van der Waals surface area contributed by atoms with Crippen molar-refractivity contribution in [2.75, 3.05) is 0 Å². The van der Waals surface area contributed by atoms with Crippen molar-refractivity contribution in [3.05, 3.63) is 58.2 Å². The molecule has 0 radical (unpaired) electrons. The van der Waals surface area contributed by atoms with Crippen LogP contribution in [-0.2, 0) is 4.74 Å². The summed E-state index contributed by atoms with van der Waals surface area (Å²) in [5.74, 6) is 0. The Bertz CT molecular complexity index is 907. The number of nitrogens with one attached hydrogen (secondary N) is 1. The molecule has 1 saturated carbocycles. The predicted molar refractivity (Wildman–Crippen MR) is 118 cm³/mol. The summed E-state index contributed by atoms with van der Waals surface area (Å²) >= 11 is 4.85. The minimum atomic E-state index is -0.424. The molecule has 154 valence electrons. The highest BCUT2D eigenvalue weighted by Crippen LogP contribution is 2.65. The minimum absolute atomic E-state index is 0.0281. The first kappa shape index (κ1) is 21.1. The zero-order chi connectivity index (χ0) is 21.3. The molecule has 1 aromatic rings. The Morgan fingerprint density at radius 3 is 2.55 bits per heavy atom. The summed E-state index contributed by atoms with van der Waals surface area (Å²) in [5, 5.41) is 15.1. The van der Waals surface area contributed by atoms with E-state index in [9.17, 15) is 10.1 Å². The average Bonchev–Trinajstić information content (AvgIpc) is 3.28. The summed E-state index contributed by atoms with van der Waals surface area (Å²) in [7, 11) is 0. The van der Waals surface area contributed by atoms with Crippen LogP contribution in [0.5, 0.6) is 0 Å². The molecule has 2 aliphatic rings. The Morgan fingerprint density at radius 2 is 1.97 bits per heavy atom. The fourth-order valence-electron chi connectivity index (χ4n) is 4.25. The number of rotatable bonds is 6. The Hall–Kier alpha value is -2.58. The van der Waals surface area contributed by atoms with Crippen LogP contribution in [0.4, 0.5) is 5.69 Å². The van der Waals surface area contributed by atoms with Crippen LogP contribution < -0.4 is 11.2 Å². The van der Waals surface area contributed by atoms with E-state index in [0.29, 0.717) is 5.71 Å². The number of hydrazone groups is 1. The lowest BCUT2D eigenvalue weighted by atomic mass is 9.64. The second kappa shape index (κ2) is 7.68. The molecule has 3 N–H and O–H groups in total. The highest BCUT2D eigenvalue weighted by Gasteiger charge is 2.73. The third-order valence-electron chi connectivity index (χ3n) is 5.93. The van der Waals surface area contributed by atoms with E-state index in [1.54, 1.807) is 18.2 Å². The van der Waals surface area contributed by atoms with Gasteiger partial charge in [-0.1, -0.05) is 19.9 Å². The molecule has 3 rings (SSSR count). The second-order valence-corrected chi connectivity index (χ2v) is 8.77. The van der Waals surface area contributed by atoms with Crippen LogP contribution in [0.15, 0.2) is 47.6 Å². The van der Waals surface area contributed by atoms with Crippen LogP contribution in [0.1, 0.15) is 45.6 Å². The molecule has 7 nitrogen and oxygen atoms in total. The van der Waals surface area contributed by atoms with Crippen LogP contribution in [-0.4, -0.2) is 26.9 Å². The Morgan fingerprint density at radius 1 is 1.28 bits per heavy atom. The van der Waals surface area contributed by atoms with Gasteiger partial charge in [0.05, 0.1) is 16.2 Å². The van der Waals surface area contributed by atoms with E-state index in [2.05, 4.69) is 37.4 Å². The molecule has 0 spiro atoms. The van der Waals surface area contributed by atoms with Gasteiger partial charge in [-0.15, -0.1) is 0 Å². The number of epoxide rings is 1. The fraction of sp³-hybridized carbons (Fsp3) is 0.429. The molecule has 2 atom stereocenters. The van der Waals surface area contributed by atoms with Gasteiger partial charge in [-0.05, 0) is 74.3 Å². The molecule has 1 aromatic carbocycles. The summed E-state index contributed by atoms with van der Waals surface area (Å²) < 4.78 is 6.24. The zero-order valence-electron chi connectivity index (χ0n) is 16.8. The number of nitrogens with two attached hydrogens (primary N) is 1. The number of non-ortho nitro benzene ring substituents is 1. The Kier molecular flexibility index (Phi) is 5.60. The van der Waals surface area contributed by atoms with Crippen molar-refractivity contribution in [2.45, 2.75) is 51.2 Å². The van der Waals surface area contributed by atoms with E-state index < -0.39 is 4.92 Å². The summed E-state index contributed by atoms with van der Waals surface area (Å²) in [4.78, 5) is 10.4. The van der Waals surface area contributed by atoms with Gasteiger partial charge >= 0.3 is 0 Å². The smallest absolute Gasteiger partial charge is 0.269 e. The summed E-state index contributed by atoms with van der Waals surface area (Å²) in [6, 6.07) is 6.29. The standard InChI is InChI=1S/C21H26N4O3S/c1-19(2)12-4-13-20(3)21(19,28-20)14-11-16(23-24-18(22)29)8-5-15-6-9-17(10-7-15)25(26)27/h5-11,14H,4,12-13H2,1-3H3,(H3,22,24,29). The first-order valence-corrected chi connectivity index (χ1v) is 9.95. The lowest BCUT2D eigenvalue weighted by Gasteiger charge is -2.36. The van der Waals surface area contributed by atoms with E-state index >= 15 is 0 Å². The third-order valence-corrected chi connectivity index (χ3v) is 6.02. The minimum Gasteiger partial charge on any atom is -0.375 e. The molecule has 1 aliphatic carbocycles. The van der Waals surface area contributed by atoms with E-state index in [1.807, 2.05) is 12.2 Å². The van der Waals surface area contributed by atoms with Gasteiger partial charge in [0.15, 0.2) is 5.11 Å². The van der Waals surface area contributed by atoms with Gasteiger partial charge in [0, 0.05) is 17.5 Å². The van der Waals surface area contributed by atoms with Crippen molar-refractivity contribution in [1.82, 2.24) is 5.43 Å². The average molecular weight is 415 g/mol. The first-order valence-electron chi connectivity index (χ1n) is 9.54. The van der Waals surface area contributed by atoms with E-state index in [4.69, 9.17) is 22.7 Å². The van der Waals surface area contributed by atoms with Crippen LogP contribution in [0, 0.1) is 15.5 Å². The first-order chi connectivity index (χ1) is 13.6. The summed E-state index contributed by atoms with van der Waals surface area (Å²) in [5.41, 5.74) is 9.17. The lowest BCUT2D eigenvalue weighted by molar-refractivity contribution is -0.384. The highest BCUT2D eigenvalue weighted by molar-refractivity contribution is 7.80. The number of benzene rings is 1. The molecule has 0 amide bonds. The predicted octanol–water partition coefficient (Wildman–Crippen LogP) is 4.09. The number of nitro groups is 1. The van der Waals surface area contributed by atoms with Crippen molar-refractivity contribution in [3.63, 3.8) is 0 Å². The van der Waals surface area contributed by atoms with Crippen molar-refractivity contribution in [3.8, 4) is 0 Å². The van der Waals surface area contributed by atoms with Crippen LogP contribution in [0.3, 0.4) is 0 Å². The number of nitro benzene ring substituents is 1. The number of thiocarbonyl (C=S) groups is 1. The maximum atomic E-state index is 10.8. The normalized spacial score (nSPS) is 28.3. The lowest BCUT2D eigenvalue weighted by Crippen LogP contribution is -2.41. The van der Waals surface area contributed by atoms with Crippen molar-refractivity contribution >= 4 is 34.8 Å². The number of ether oxygens (including phenoxy) is 1. The SMILES string of the molecule is CC1(C)CCCC2(C)OC12C=CC(C=Cc1ccc([N+](=O)[O-])cc1)=NNC(N)=S. The maximum absolute atomic E-state index is 10.8. The Balaban J connectivity index is 1.83. The molecule has 1 aliphatic heterocycles. The van der Waals surface area contributed by atoms with Gasteiger partial charge in [0.25, 0.3) is 5.69 Å². The van der Waals surface area contributed by atoms with Crippen molar-refractivity contribution in [1.29, 1.82) is 0 Å². The van der Waals surface area contributed by atoms with Gasteiger partial charge in [-0.3, -0.25) is 15.5 Å². The van der Waals surface area contributed by atoms with E-state index in [-0.39, 0.29) is 27.4 Å². The van der Waals surface area contributed by atoms with Gasteiger partial charge in [-0.2, -0.15) is 5.10 Å². The molecule has 2 fully saturated rings. The molecule has 0 bridgehead atoms. The zero-order valence-corrected chi connectivity index (χ0v) is 17.7. The second-order valence-electron chi connectivity index (χ2n) is 8.33. The van der Waals surface area contributed by atoms with Gasteiger partial charge in [0.1, 0.15) is 5.60 Å². The fourth-order valence-corrected chi connectivity index (χ4v) is 4.30. The number of fused-ring (bicyclic) bond motifs is 1. The van der Waals surface area contributed by atoms with Gasteiger partial charge in [0.2, 0.25) is 0 Å². The van der Waals surface area contributed by atoms with Crippen LogP contribution in [0.25, 0.3) is 6.08 Å². The summed E-state index contributed by atoms with van der Waals surface area (Å²) in [6.07, 6.45) is 10.9. The molecule has 1 heterocycles. The Labute approximate surface area is 175 Å². The largest absolute Gasteiger partial charge is 0.375 e. The monoisotopic (exact) mass is 414 g/mol. The molecular weight excluding hydrogens is 388 g/mol. The van der Waals surface area contributed by atoms with Crippen molar-refractivity contribution < 1.29 is 9.66 Å². The molecule has 0 aromatic heterocycles. The quantitative estimate of drug-likeness (QED) is 0.239. The molecular formula is C21H26N4O3S. The number of allylic oxidation sites excluding steroid dienone is 2. The van der Waals surface area contributed by atoms with Crippen molar-refractivity contribution in [2.24, 2.45) is 16.3 Å². The number of hydrogen-bond donors (Lipinski definition) is 2. The maximum Gasteiger partial charge on any atom is 0.269 e. The van der Waals surface area contributed by atoms with Crippen LogP contribution >= 0.6 is 12.2 Å². The van der Waals surface area contributed by atoms with Crippen LogP contribution in [0.2, 0.25) is 0 Å². The van der Waals surface area contributed by atoms with Gasteiger partial charge in [-0.25, -0.2) is 0 Å². The third kappa shape index (κ3) is 4.23. The molecule has 29 heavy (non-hydrogen) atoms. The molecule has 8 heteroatoms. The number of hydrogen-bond acceptors (Lipinski definition) is 5. The molecule has 1 saturated heterocycles. The highest BCUT2D eigenvalue weighted by atomic mass is 32.1. The molecule has 2 unspecified atom stereocenters. The van der Waals surface area contributed by atoms with E-state index in [0.717, 1.165) is 24.8 Å². The van der Waals surface area contributed by atoms with E-state index in [1.165, 1.54) is 12.1 Å².